The van der Waals surface area contributed by atoms with Gasteiger partial charge in [0.05, 0.1) is 14.2 Å². The molecule has 6 nitrogen and oxygen atoms in total. The van der Waals surface area contributed by atoms with Crippen molar-refractivity contribution < 1.29 is 19.0 Å². The number of carbonyl (C=O) groups is 1. The first-order valence-corrected chi connectivity index (χ1v) is 7.54. The van der Waals surface area contributed by atoms with Crippen molar-refractivity contribution in [1.29, 1.82) is 0 Å². The van der Waals surface area contributed by atoms with Gasteiger partial charge in [0.1, 0.15) is 5.75 Å². The van der Waals surface area contributed by atoms with E-state index in [9.17, 15) is 4.79 Å². The van der Waals surface area contributed by atoms with Crippen LogP contribution in [0, 0.1) is 0 Å². The summed E-state index contributed by atoms with van der Waals surface area (Å²) in [4.78, 5) is 11.0. The van der Waals surface area contributed by atoms with Crippen molar-refractivity contribution in [3.05, 3.63) is 53.6 Å². The third-order valence-corrected chi connectivity index (χ3v) is 3.44. The zero-order valence-corrected chi connectivity index (χ0v) is 15.1. The first-order valence-electron chi connectivity index (χ1n) is 7.54. The number of methoxy groups -OCH3 is 2. The average Bonchev–Trinajstić information content (AvgIpc) is 2.60. The maximum Gasteiger partial charge on any atom is 0.255 e. The highest BCUT2D eigenvalue weighted by atomic mass is 35.5. The summed E-state index contributed by atoms with van der Waals surface area (Å²) in [7, 11) is 3.20. The second-order valence-corrected chi connectivity index (χ2v) is 5.16. The molecule has 0 fully saturated rings. The Bertz CT molecular complexity index is 677. The molecule has 0 aromatic heterocycles. The van der Waals surface area contributed by atoms with Gasteiger partial charge >= 0.3 is 0 Å². The molecule has 1 amide bonds. The van der Waals surface area contributed by atoms with Gasteiger partial charge in [0.2, 0.25) is 0 Å². The molecular weight excluding hydrogens is 344 g/mol. The summed E-state index contributed by atoms with van der Waals surface area (Å²) < 4.78 is 15.9. The number of hydrogen-bond donors (Lipinski definition) is 2. The van der Waals surface area contributed by atoms with Gasteiger partial charge in [-0.05, 0) is 23.8 Å². The van der Waals surface area contributed by atoms with Crippen LogP contribution in [0.2, 0.25) is 0 Å². The van der Waals surface area contributed by atoms with Crippen molar-refractivity contribution in [3.8, 4) is 17.2 Å². The molecule has 7 heteroatoms. The lowest BCUT2D eigenvalue weighted by Gasteiger charge is -2.15. The molecule has 0 aliphatic heterocycles. The normalized spacial score (nSPS) is 9.84. The Morgan fingerprint density at radius 3 is 2.36 bits per heavy atom. The zero-order chi connectivity index (χ0) is 17.4. The summed E-state index contributed by atoms with van der Waals surface area (Å²) >= 11 is 0. The smallest absolute Gasteiger partial charge is 0.255 e. The second kappa shape index (κ2) is 10.4. The van der Waals surface area contributed by atoms with Gasteiger partial charge in [0, 0.05) is 18.7 Å². The molecule has 136 valence electrons. The number of para-hydroxylation sites is 1. The van der Waals surface area contributed by atoms with E-state index in [1.54, 1.807) is 20.3 Å². The molecule has 2 rings (SSSR count). The van der Waals surface area contributed by atoms with E-state index in [4.69, 9.17) is 19.9 Å². The number of benzene rings is 2. The van der Waals surface area contributed by atoms with E-state index in [1.165, 1.54) is 0 Å². The van der Waals surface area contributed by atoms with E-state index in [0.717, 1.165) is 16.9 Å². The first-order chi connectivity index (χ1) is 11.6. The Hall–Kier alpha value is -2.44. The maximum atomic E-state index is 11.0. The molecule has 0 saturated carbocycles. The molecule has 0 saturated heterocycles. The largest absolute Gasteiger partial charge is 0.497 e. The number of carbonyl (C=O) groups excluding carboxylic acids is 1. The van der Waals surface area contributed by atoms with Crippen molar-refractivity contribution in [2.24, 2.45) is 5.73 Å². The van der Waals surface area contributed by atoms with Crippen LogP contribution in [0.5, 0.6) is 17.2 Å². The number of halogens is 1. The Kier molecular flexibility index (Phi) is 8.60. The van der Waals surface area contributed by atoms with Crippen LogP contribution in [-0.4, -0.2) is 26.7 Å². The SMILES string of the molecule is COc1ccc(CNCc2cccc(OC)c2OCC(N)=O)cc1.Cl. The summed E-state index contributed by atoms with van der Waals surface area (Å²) in [6.07, 6.45) is 0. The van der Waals surface area contributed by atoms with E-state index in [-0.39, 0.29) is 19.0 Å². The van der Waals surface area contributed by atoms with Crippen molar-refractivity contribution in [1.82, 2.24) is 5.32 Å². The van der Waals surface area contributed by atoms with Crippen LogP contribution in [0.4, 0.5) is 0 Å². The lowest BCUT2D eigenvalue weighted by Crippen LogP contribution is -2.21. The standard InChI is InChI=1S/C18H22N2O4.ClH/c1-22-15-8-6-13(7-9-15)10-20-11-14-4-3-5-16(23-2)18(14)24-12-17(19)21;/h3-9,20H,10-12H2,1-2H3,(H2,19,21);1H. The van der Waals surface area contributed by atoms with Crippen LogP contribution < -0.4 is 25.3 Å². The number of nitrogens with two attached hydrogens (primary N) is 1. The molecule has 3 N–H and O–H groups in total. The third kappa shape index (κ3) is 6.17. The highest BCUT2D eigenvalue weighted by Crippen LogP contribution is 2.31. The average molecular weight is 367 g/mol. The minimum Gasteiger partial charge on any atom is -0.497 e. The number of rotatable bonds is 9. The molecule has 2 aromatic rings. The highest BCUT2D eigenvalue weighted by molar-refractivity contribution is 5.85. The van der Waals surface area contributed by atoms with Crippen molar-refractivity contribution in [2.75, 3.05) is 20.8 Å². The van der Waals surface area contributed by atoms with Crippen LogP contribution in [0.15, 0.2) is 42.5 Å². The zero-order valence-electron chi connectivity index (χ0n) is 14.3. The van der Waals surface area contributed by atoms with E-state index in [1.807, 2.05) is 36.4 Å². The lowest BCUT2D eigenvalue weighted by molar-refractivity contribution is -0.119. The van der Waals surface area contributed by atoms with Gasteiger partial charge < -0.3 is 25.3 Å². The molecule has 25 heavy (non-hydrogen) atoms. The van der Waals surface area contributed by atoms with Crippen LogP contribution >= 0.6 is 12.4 Å². The fraction of sp³-hybridized carbons (Fsp3) is 0.278. The summed E-state index contributed by atoms with van der Waals surface area (Å²) in [5.74, 6) is 1.40. The Morgan fingerprint density at radius 2 is 1.76 bits per heavy atom. The van der Waals surface area contributed by atoms with Crippen molar-refractivity contribution in [3.63, 3.8) is 0 Å². The van der Waals surface area contributed by atoms with Gasteiger partial charge in [0.15, 0.2) is 18.1 Å². The highest BCUT2D eigenvalue weighted by Gasteiger charge is 2.11. The summed E-state index contributed by atoms with van der Waals surface area (Å²) in [6, 6.07) is 13.4. The van der Waals surface area contributed by atoms with E-state index in [2.05, 4.69) is 5.32 Å². The van der Waals surface area contributed by atoms with E-state index >= 15 is 0 Å². The number of amides is 1. The molecule has 0 radical (unpaired) electrons. The molecule has 0 heterocycles. The monoisotopic (exact) mass is 366 g/mol. The van der Waals surface area contributed by atoms with Gasteiger partial charge in [0.25, 0.3) is 5.91 Å². The number of hydrogen-bond acceptors (Lipinski definition) is 5. The van der Waals surface area contributed by atoms with Crippen molar-refractivity contribution in [2.45, 2.75) is 13.1 Å². The van der Waals surface area contributed by atoms with Gasteiger partial charge in [-0.1, -0.05) is 24.3 Å². The Morgan fingerprint density at radius 1 is 1.04 bits per heavy atom. The fourth-order valence-electron chi connectivity index (χ4n) is 2.25. The summed E-state index contributed by atoms with van der Waals surface area (Å²) in [6.45, 7) is 1.07. The Labute approximate surface area is 153 Å². The molecule has 0 atom stereocenters. The number of ether oxygens (including phenoxy) is 3. The molecule has 0 spiro atoms. The molecule has 2 aromatic carbocycles. The molecule has 0 bridgehead atoms. The van der Waals surface area contributed by atoms with E-state index < -0.39 is 5.91 Å². The fourth-order valence-corrected chi connectivity index (χ4v) is 2.25. The Balaban J connectivity index is 0.00000312. The number of nitrogens with one attached hydrogen (secondary N) is 1. The third-order valence-electron chi connectivity index (χ3n) is 3.44. The van der Waals surface area contributed by atoms with Gasteiger partial charge in [-0.2, -0.15) is 0 Å². The minimum absolute atomic E-state index is 0. The predicted molar refractivity (Wildman–Crippen MR) is 98.5 cm³/mol. The van der Waals surface area contributed by atoms with E-state index in [0.29, 0.717) is 24.6 Å². The van der Waals surface area contributed by atoms with Crippen LogP contribution in [-0.2, 0) is 17.9 Å². The lowest BCUT2D eigenvalue weighted by atomic mass is 10.1. The number of primary amides is 1. The first kappa shape index (κ1) is 20.6. The predicted octanol–water partition coefficient (Wildman–Crippen LogP) is 2.28. The van der Waals surface area contributed by atoms with Crippen LogP contribution in [0.25, 0.3) is 0 Å². The van der Waals surface area contributed by atoms with Crippen LogP contribution in [0.3, 0.4) is 0 Å². The molecular formula is C18H23ClN2O4. The topological polar surface area (TPSA) is 82.8 Å². The quantitative estimate of drug-likeness (QED) is 0.711. The second-order valence-electron chi connectivity index (χ2n) is 5.16. The minimum atomic E-state index is -0.530. The molecule has 0 unspecified atom stereocenters. The summed E-state index contributed by atoms with van der Waals surface area (Å²) in [5.41, 5.74) is 7.18. The molecule has 0 aliphatic carbocycles. The summed E-state index contributed by atoms with van der Waals surface area (Å²) in [5, 5.41) is 3.34. The van der Waals surface area contributed by atoms with Crippen molar-refractivity contribution >= 4 is 18.3 Å². The maximum absolute atomic E-state index is 11.0. The van der Waals surface area contributed by atoms with Gasteiger partial charge in [-0.25, -0.2) is 0 Å². The van der Waals surface area contributed by atoms with Crippen LogP contribution in [0.1, 0.15) is 11.1 Å². The van der Waals surface area contributed by atoms with Gasteiger partial charge in [-0.3, -0.25) is 4.79 Å². The van der Waals surface area contributed by atoms with Gasteiger partial charge in [-0.15, -0.1) is 12.4 Å². The molecule has 0 aliphatic rings.